The van der Waals surface area contributed by atoms with Gasteiger partial charge in [-0.3, -0.25) is 9.59 Å². The van der Waals surface area contributed by atoms with Gasteiger partial charge < -0.3 is 8.85 Å². The molecule has 0 aliphatic heterocycles. The lowest BCUT2D eigenvalue weighted by Gasteiger charge is -2.43. The van der Waals surface area contributed by atoms with Gasteiger partial charge in [-0.15, -0.1) is 0 Å². The SMILES string of the molecule is CC1=C(/C=C/C(C)=C/C(C/C(C)=C/CS(=O)(=O)C/C=C(\C)CC(/C=C(C)/C=C/C2=C(C)C(=O)C(O[Si](C)(C)C(C)(C)C)CC2(C)C)S(=O)(=O)c2ccccc2)S(=O)(=O)c2ccccc2)C(C)(C)CC(O[Si](C)(C)C(C)(C)C)C1=O. The molecule has 15 heteroatoms. The van der Waals surface area contributed by atoms with E-state index in [1.807, 2.05) is 52.0 Å². The molecule has 4 unspecified atom stereocenters. The van der Waals surface area contributed by atoms with Crippen LogP contribution in [0.2, 0.25) is 36.3 Å². The molecule has 0 saturated heterocycles. The molecule has 2 aromatic carbocycles. The largest absolute Gasteiger partial charge is 0.407 e. The van der Waals surface area contributed by atoms with Gasteiger partial charge in [0.25, 0.3) is 0 Å². The fraction of sp³-hybridized carbons (Fsp3) is 0.531. The van der Waals surface area contributed by atoms with Gasteiger partial charge in [0, 0.05) is 0 Å². The molecule has 0 radical (unpaired) electrons. The molecule has 2 aromatic rings. The predicted octanol–water partition coefficient (Wildman–Crippen LogP) is 15.2. The maximum absolute atomic E-state index is 14.3. The maximum Gasteiger partial charge on any atom is 0.193 e. The van der Waals surface area contributed by atoms with Gasteiger partial charge in [-0.25, -0.2) is 25.3 Å². The Morgan fingerprint density at radius 3 is 1.16 bits per heavy atom. The number of hydrogen-bond donors (Lipinski definition) is 0. The number of benzene rings is 2. The lowest BCUT2D eigenvalue weighted by molar-refractivity contribution is -0.125. The Kier molecular flexibility index (Phi) is 21.8. The third-order valence-corrected chi connectivity index (χ3v) is 31.1. The van der Waals surface area contributed by atoms with Crippen LogP contribution in [0.3, 0.4) is 0 Å². The van der Waals surface area contributed by atoms with Crippen LogP contribution in [0.25, 0.3) is 0 Å². The molecular formula is C64H94O10S3Si2. The summed E-state index contributed by atoms with van der Waals surface area (Å²) < 4.78 is 97.9. The quantitative estimate of drug-likeness (QED) is 0.0632. The Bertz CT molecular complexity index is 2960. The van der Waals surface area contributed by atoms with Crippen molar-refractivity contribution < 1.29 is 43.7 Å². The summed E-state index contributed by atoms with van der Waals surface area (Å²) in [6.45, 7) is 40.7. The average Bonchev–Trinajstić information content (AvgIpc) is 3.33. The lowest BCUT2D eigenvalue weighted by atomic mass is 9.71. The van der Waals surface area contributed by atoms with Crippen LogP contribution in [0.4, 0.5) is 0 Å². The van der Waals surface area contributed by atoms with Crippen LogP contribution in [0.1, 0.15) is 136 Å². The molecular weight excluding hydrogens is 1080 g/mol. The predicted molar refractivity (Wildman–Crippen MR) is 332 cm³/mol. The molecule has 4 atom stereocenters. The van der Waals surface area contributed by atoms with Crippen LogP contribution in [-0.4, -0.2) is 87.7 Å². The number of ketones is 2. The van der Waals surface area contributed by atoms with Gasteiger partial charge in [0.1, 0.15) is 12.2 Å². The first-order valence-corrected chi connectivity index (χ1v) is 38.4. The lowest BCUT2D eigenvalue weighted by Crippen LogP contribution is -2.49. The molecule has 436 valence electrons. The Hall–Kier alpha value is -4.10. The monoisotopic (exact) mass is 1170 g/mol. The molecule has 0 N–H and O–H groups in total. The summed E-state index contributed by atoms with van der Waals surface area (Å²) in [6, 6.07) is 16.4. The van der Waals surface area contributed by atoms with E-state index in [1.54, 1.807) is 98.8 Å². The highest BCUT2D eigenvalue weighted by Gasteiger charge is 2.47. The van der Waals surface area contributed by atoms with Crippen LogP contribution in [0, 0.1) is 10.8 Å². The second-order valence-corrected chi connectivity index (χ2v) is 42.6. The van der Waals surface area contributed by atoms with Gasteiger partial charge in [0.15, 0.2) is 57.7 Å². The third-order valence-electron chi connectivity index (χ3n) is 16.7. The van der Waals surface area contributed by atoms with Crippen molar-refractivity contribution >= 4 is 57.7 Å². The van der Waals surface area contributed by atoms with Crippen LogP contribution >= 0.6 is 0 Å². The Morgan fingerprint density at radius 2 is 0.873 bits per heavy atom. The van der Waals surface area contributed by atoms with Crippen molar-refractivity contribution in [1.82, 2.24) is 0 Å². The topological polar surface area (TPSA) is 155 Å². The number of hydrogen-bond acceptors (Lipinski definition) is 10. The molecule has 0 fully saturated rings. The molecule has 79 heavy (non-hydrogen) atoms. The van der Waals surface area contributed by atoms with Crippen molar-refractivity contribution in [3.8, 4) is 0 Å². The van der Waals surface area contributed by atoms with Crippen molar-refractivity contribution in [3.05, 3.63) is 154 Å². The van der Waals surface area contributed by atoms with Crippen molar-refractivity contribution in [1.29, 1.82) is 0 Å². The summed E-state index contributed by atoms with van der Waals surface area (Å²) in [5.41, 5.74) is 4.68. The molecule has 0 spiro atoms. The zero-order valence-corrected chi connectivity index (χ0v) is 55.7. The average molecular weight is 1180 g/mol. The summed E-state index contributed by atoms with van der Waals surface area (Å²) in [5, 5.41) is -2.19. The minimum absolute atomic E-state index is 0.0287. The molecule has 0 bridgehead atoms. The fourth-order valence-electron chi connectivity index (χ4n) is 9.67. The van der Waals surface area contributed by atoms with Gasteiger partial charge in [0.05, 0.1) is 31.8 Å². The first-order valence-electron chi connectivity index (χ1n) is 27.7. The van der Waals surface area contributed by atoms with E-state index in [1.165, 1.54) is 0 Å². The Morgan fingerprint density at radius 1 is 0.570 bits per heavy atom. The minimum Gasteiger partial charge on any atom is -0.407 e. The summed E-state index contributed by atoms with van der Waals surface area (Å²) in [6.07, 6.45) is 14.0. The van der Waals surface area contributed by atoms with Gasteiger partial charge in [-0.1, -0.05) is 177 Å². The number of Topliss-reactive ketones (excluding diaryl/α,β-unsaturated/α-hetero) is 2. The number of sulfone groups is 3. The second-order valence-electron chi connectivity index (χ2n) is 26.6. The summed E-state index contributed by atoms with van der Waals surface area (Å²) in [5.74, 6) is -0.768. The maximum atomic E-state index is 14.3. The van der Waals surface area contributed by atoms with Crippen molar-refractivity contribution in [2.75, 3.05) is 11.5 Å². The van der Waals surface area contributed by atoms with E-state index in [4.69, 9.17) is 8.85 Å². The van der Waals surface area contributed by atoms with Crippen molar-refractivity contribution in [2.45, 2.75) is 205 Å². The normalized spacial score (nSPS) is 20.9. The van der Waals surface area contributed by atoms with E-state index in [-0.39, 0.29) is 55.8 Å². The van der Waals surface area contributed by atoms with Gasteiger partial charge in [0.2, 0.25) is 0 Å². The van der Waals surface area contributed by atoms with Crippen LogP contribution in [0.15, 0.2) is 164 Å². The minimum atomic E-state index is -3.94. The number of allylic oxidation sites excluding steroid dienone is 10. The Balaban J connectivity index is 1.59. The van der Waals surface area contributed by atoms with Crippen molar-refractivity contribution in [3.63, 3.8) is 0 Å². The fourth-order valence-corrected chi connectivity index (χ4v) is 16.9. The first-order chi connectivity index (χ1) is 36.0. The van der Waals surface area contributed by atoms with Crippen molar-refractivity contribution in [2.24, 2.45) is 10.8 Å². The number of rotatable bonds is 22. The number of carbonyl (C=O) groups is 2. The van der Waals surface area contributed by atoms with Crippen LogP contribution < -0.4 is 0 Å². The van der Waals surface area contributed by atoms with E-state index in [0.29, 0.717) is 46.3 Å². The third kappa shape index (κ3) is 17.5. The van der Waals surface area contributed by atoms with E-state index < -0.39 is 79.7 Å². The smallest absolute Gasteiger partial charge is 0.193 e. The molecule has 4 rings (SSSR count). The van der Waals surface area contributed by atoms with Crippen LogP contribution in [-0.2, 0) is 48.0 Å². The molecule has 2 aliphatic carbocycles. The molecule has 10 nitrogen and oxygen atoms in total. The zero-order chi connectivity index (χ0) is 60.1. The van der Waals surface area contributed by atoms with Gasteiger partial charge in [-0.05, 0) is 161 Å². The van der Waals surface area contributed by atoms with E-state index in [2.05, 4.69) is 95.4 Å². The Labute approximate surface area is 479 Å². The highest BCUT2D eigenvalue weighted by Crippen LogP contribution is 2.46. The highest BCUT2D eigenvalue weighted by atomic mass is 32.2. The van der Waals surface area contributed by atoms with E-state index in [9.17, 15) is 34.8 Å². The van der Waals surface area contributed by atoms with E-state index >= 15 is 0 Å². The zero-order valence-electron chi connectivity index (χ0n) is 51.3. The van der Waals surface area contributed by atoms with Gasteiger partial charge in [-0.2, -0.15) is 0 Å². The van der Waals surface area contributed by atoms with E-state index in [0.717, 1.165) is 11.1 Å². The first kappa shape index (κ1) is 67.4. The molecule has 2 aliphatic rings. The standard InChI is InChI=1S/C64H94O10S3Si2/c1-45(31-33-55-49(5)59(65)57(43-63(55,13)14)73-78(17,18)61(7,8)9)39-53(76(69,70)51-27-23-21-24-28-51)41-47(3)35-37-75(67,68)38-36-48(4)42-54(77(71,72)52-29-25-22-26-30-52)40-46(2)32-34-56-50(6)60(66)58(44-64(56,15)16)74-79(19,20)62(10,11)12/h21-36,39-40,53-54,57-58H,37-38,41-44H2,1-20H3/b33-31+,34-32+,45-39+,46-40+,47-35+,48-36+. The van der Waals surface area contributed by atoms with Gasteiger partial charge >= 0.3 is 0 Å². The molecule has 0 aromatic heterocycles. The second kappa shape index (κ2) is 25.6. The highest BCUT2D eigenvalue weighted by molar-refractivity contribution is 7.92. The summed E-state index contributed by atoms with van der Waals surface area (Å²) in [7, 11) is -16.1. The molecule has 0 heterocycles. The molecule has 0 saturated carbocycles. The summed E-state index contributed by atoms with van der Waals surface area (Å²) in [4.78, 5) is 27.9. The molecule has 0 amide bonds. The summed E-state index contributed by atoms with van der Waals surface area (Å²) >= 11 is 0. The van der Waals surface area contributed by atoms with Crippen LogP contribution in [0.5, 0.6) is 0 Å². The number of carbonyl (C=O) groups excluding carboxylic acids is 2.